The van der Waals surface area contributed by atoms with E-state index in [0.717, 1.165) is 23.3 Å². The van der Waals surface area contributed by atoms with E-state index in [1.54, 1.807) is 24.4 Å². The van der Waals surface area contributed by atoms with E-state index in [0.29, 0.717) is 19.5 Å². The lowest BCUT2D eigenvalue weighted by atomic mass is 10.1. The van der Waals surface area contributed by atoms with Crippen molar-refractivity contribution < 1.29 is 14.3 Å². The summed E-state index contributed by atoms with van der Waals surface area (Å²) >= 11 is 0. The number of carbonyl (C=O) groups is 2. The van der Waals surface area contributed by atoms with E-state index in [1.807, 2.05) is 43.3 Å². The Labute approximate surface area is 165 Å². The Morgan fingerprint density at radius 2 is 2.00 bits per heavy atom. The lowest BCUT2D eigenvalue weighted by Gasteiger charge is -2.28. The SMILES string of the molecule is COc1ccc([C@@H](C)NC(=O)N(Cc2ccncc2)C[C@@H]2CCC(=O)N2)cc1. The van der Waals surface area contributed by atoms with Crippen LogP contribution >= 0.6 is 0 Å². The Hall–Kier alpha value is -3.09. The molecule has 3 amide bonds. The molecule has 7 nitrogen and oxygen atoms in total. The first kappa shape index (κ1) is 19.7. The van der Waals surface area contributed by atoms with Gasteiger partial charge in [0.2, 0.25) is 5.91 Å². The summed E-state index contributed by atoms with van der Waals surface area (Å²) in [6.07, 6.45) is 4.68. The zero-order chi connectivity index (χ0) is 19.9. The van der Waals surface area contributed by atoms with Gasteiger partial charge in [0.05, 0.1) is 13.2 Å². The number of benzene rings is 1. The van der Waals surface area contributed by atoms with E-state index in [9.17, 15) is 9.59 Å². The molecule has 2 aromatic rings. The largest absolute Gasteiger partial charge is 0.497 e. The quantitative estimate of drug-likeness (QED) is 0.771. The van der Waals surface area contributed by atoms with Crippen molar-refractivity contribution in [3.8, 4) is 5.75 Å². The van der Waals surface area contributed by atoms with Crippen molar-refractivity contribution in [2.75, 3.05) is 13.7 Å². The van der Waals surface area contributed by atoms with Crippen molar-refractivity contribution >= 4 is 11.9 Å². The first-order valence-corrected chi connectivity index (χ1v) is 9.43. The Kier molecular flexibility index (Phi) is 6.47. The lowest BCUT2D eigenvalue weighted by molar-refractivity contribution is -0.119. The zero-order valence-corrected chi connectivity index (χ0v) is 16.2. The van der Waals surface area contributed by atoms with Crippen LogP contribution in [0.1, 0.15) is 36.9 Å². The summed E-state index contributed by atoms with van der Waals surface area (Å²) in [5, 5.41) is 5.99. The summed E-state index contributed by atoms with van der Waals surface area (Å²) < 4.78 is 5.18. The van der Waals surface area contributed by atoms with Crippen LogP contribution < -0.4 is 15.4 Å². The van der Waals surface area contributed by atoms with Gasteiger partial charge >= 0.3 is 6.03 Å². The minimum absolute atomic E-state index is 0.0172. The van der Waals surface area contributed by atoms with Crippen molar-refractivity contribution in [1.82, 2.24) is 20.5 Å². The Morgan fingerprint density at radius 3 is 2.61 bits per heavy atom. The van der Waals surface area contributed by atoms with Gasteiger partial charge in [0.15, 0.2) is 0 Å². The predicted molar refractivity (Wildman–Crippen MR) is 106 cm³/mol. The Bertz CT molecular complexity index is 795. The van der Waals surface area contributed by atoms with Gasteiger partial charge in [-0.05, 0) is 48.7 Å². The van der Waals surface area contributed by atoms with Crippen molar-refractivity contribution in [3.63, 3.8) is 0 Å². The van der Waals surface area contributed by atoms with Gasteiger partial charge in [0.25, 0.3) is 0 Å². The molecule has 1 fully saturated rings. The van der Waals surface area contributed by atoms with Gasteiger partial charge in [0, 0.05) is 37.9 Å². The molecule has 0 radical (unpaired) electrons. The standard InChI is InChI=1S/C21H26N4O3/c1-15(17-3-6-19(28-2)7-4-17)23-21(27)25(13-16-9-11-22-12-10-16)14-18-5-8-20(26)24-18/h3-4,6-7,9-12,15,18H,5,8,13-14H2,1-2H3,(H,23,27)(H,24,26)/t15-,18+/m1/s1. The maximum atomic E-state index is 13.0. The highest BCUT2D eigenvalue weighted by atomic mass is 16.5. The van der Waals surface area contributed by atoms with Crippen LogP contribution in [0, 0.1) is 0 Å². The summed E-state index contributed by atoms with van der Waals surface area (Å²) in [5.41, 5.74) is 1.98. The molecule has 3 rings (SSSR count). The maximum Gasteiger partial charge on any atom is 0.318 e. The van der Waals surface area contributed by atoms with Crippen LogP contribution in [0.15, 0.2) is 48.8 Å². The van der Waals surface area contributed by atoms with Crippen LogP contribution in [0.4, 0.5) is 4.79 Å². The number of ether oxygens (including phenoxy) is 1. The summed E-state index contributed by atoms with van der Waals surface area (Å²) in [4.78, 5) is 30.3. The van der Waals surface area contributed by atoms with Gasteiger partial charge in [-0.25, -0.2) is 4.79 Å². The second kappa shape index (κ2) is 9.21. The number of pyridine rings is 1. The fourth-order valence-corrected chi connectivity index (χ4v) is 3.26. The van der Waals surface area contributed by atoms with Crippen LogP contribution in [-0.2, 0) is 11.3 Å². The number of aromatic nitrogens is 1. The molecule has 2 atom stereocenters. The van der Waals surface area contributed by atoms with Crippen LogP contribution in [0.25, 0.3) is 0 Å². The summed E-state index contributed by atoms with van der Waals surface area (Å²) in [6, 6.07) is 11.1. The highest BCUT2D eigenvalue weighted by molar-refractivity contribution is 5.79. The monoisotopic (exact) mass is 382 g/mol. The van der Waals surface area contributed by atoms with Gasteiger partial charge in [0.1, 0.15) is 5.75 Å². The van der Waals surface area contributed by atoms with Gasteiger partial charge in [-0.15, -0.1) is 0 Å². The number of hydrogen-bond acceptors (Lipinski definition) is 4. The maximum absolute atomic E-state index is 13.0. The van der Waals surface area contributed by atoms with Crippen molar-refractivity contribution in [2.24, 2.45) is 0 Å². The molecule has 1 aliphatic rings. The molecule has 28 heavy (non-hydrogen) atoms. The van der Waals surface area contributed by atoms with E-state index in [4.69, 9.17) is 4.74 Å². The second-order valence-corrected chi connectivity index (χ2v) is 6.98. The van der Waals surface area contributed by atoms with Crippen molar-refractivity contribution in [3.05, 3.63) is 59.9 Å². The van der Waals surface area contributed by atoms with Crippen LogP contribution in [-0.4, -0.2) is 41.5 Å². The number of hydrogen-bond donors (Lipinski definition) is 2. The number of rotatable bonds is 7. The Balaban J connectivity index is 1.68. The van der Waals surface area contributed by atoms with E-state index < -0.39 is 0 Å². The molecule has 7 heteroatoms. The molecular formula is C21H26N4O3. The minimum atomic E-state index is -0.165. The van der Waals surface area contributed by atoms with E-state index in [-0.39, 0.29) is 24.0 Å². The molecular weight excluding hydrogens is 356 g/mol. The topological polar surface area (TPSA) is 83.6 Å². The average Bonchev–Trinajstić information content (AvgIpc) is 3.13. The van der Waals surface area contributed by atoms with E-state index >= 15 is 0 Å². The first-order chi connectivity index (χ1) is 13.5. The minimum Gasteiger partial charge on any atom is -0.497 e. The van der Waals surface area contributed by atoms with Gasteiger partial charge < -0.3 is 20.3 Å². The fraction of sp³-hybridized carbons (Fsp3) is 0.381. The third-order valence-electron chi connectivity index (χ3n) is 4.89. The predicted octanol–water partition coefficient (Wildman–Crippen LogP) is 2.64. The number of amides is 3. The molecule has 0 aliphatic carbocycles. The van der Waals surface area contributed by atoms with Crippen molar-refractivity contribution in [2.45, 2.75) is 38.4 Å². The van der Waals surface area contributed by atoms with Crippen LogP contribution in [0.3, 0.4) is 0 Å². The second-order valence-electron chi connectivity index (χ2n) is 6.98. The molecule has 0 saturated carbocycles. The highest BCUT2D eigenvalue weighted by Gasteiger charge is 2.26. The normalized spacial score (nSPS) is 16.9. The smallest absolute Gasteiger partial charge is 0.318 e. The first-order valence-electron chi connectivity index (χ1n) is 9.43. The Morgan fingerprint density at radius 1 is 1.29 bits per heavy atom. The molecule has 1 aromatic carbocycles. The molecule has 0 unspecified atom stereocenters. The number of methoxy groups -OCH3 is 1. The molecule has 0 bridgehead atoms. The third kappa shape index (κ3) is 5.22. The zero-order valence-electron chi connectivity index (χ0n) is 16.2. The fourth-order valence-electron chi connectivity index (χ4n) is 3.26. The summed E-state index contributed by atoms with van der Waals surface area (Å²) in [6.45, 7) is 2.87. The summed E-state index contributed by atoms with van der Waals surface area (Å²) in [5.74, 6) is 0.819. The molecule has 1 aromatic heterocycles. The number of urea groups is 1. The molecule has 1 saturated heterocycles. The van der Waals surface area contributed by atoms with Crippen molar-refractivity contribution in [1.29, 1.82) is 0 Å². The number of nitrogens with one attached hydrogen (secondary N) is 2. The molecule has 2 heterocycles. The third-order valence-corrected chi connectivity index (χ3v) is 4.89. The van der Waals surface area contributed by atoms with Gasteiger partial charge in [-0.1, -0.05) is 12.1 Å². The molecule has 0 spiro atoms. The molecule has 1 aliphatic heterocycles. The molecule has 2 N–H and O–H groups in total. The van der Waals surface area contributed by atoms with Gasteiger partial charge in [-0.2, -0.15) is 0 Å². The van der Waals surface area contributed by atoms with E-state index in [2.05, 4.69) is 15.6 Å². The lowest BCUT2D eigenvalue weighted by Crippen LogP contribution is -2.46. The van der Waals surface area contributed by atoms with Crippen LogP contribution in [0.5, 0.6) is 5.75 Å². The average molecular weight is 382 g/mol. The van der Waals surface area contributed by atoms with Gasteiger partial charge in [-0.3, -0.25) is 9.78 Å². The van der Waals surface area contributed by atoms with E-state index in [1.165, 1.54) is 0 Å². The highest BCUT2D eigenvalue weighted by Crippen LogP contribution is 2.18. The number of carbonyl (C=O) groups excluding carboxylic acids is 2. The number of nitrogens with zero attached hydrogens (tertiary/aromatic N) is 2. The summed E-state index contributed by atoms with van der Waals surface area (Å²) in [7, 11) is 1.62. The van der Waals surface area contributed by atoms with Crippen LogP contribution in [0.2, 0.25) is 0 Å². The molecule has 148 valence electrons.